The molecule has 66 valence electrons. The van der Waals surface area contributed by atoms with Crippen molar-refractivity contribution in [1.29, 1.82) is 0 Å². The molecule has 0 bridgehead atoms. The van der Waals surface area contributed by atoms with E-state index in [0.29, 0.717) is 6.01 Å². The van der Waals surface area contributed by atoms with Gasteiger partial charge >= 0.3 is 6.01 Å². The van der Waals surface area contributed by atoms with Crippen molar-refractivity contribution < 1.29 is 4.74 Å². The second kappa shape index (κ2) is 3.53. The number of rotatable bonds is 2. The fourth-order valence-electron chi connectivity index (χ4n) is 0.916. The smallest absolute Gasteiger partial charge is 0.334 e. The van der Waals surface area contributed by atoms with Crippen LogP contribution in [0.5, 0.6) is 11.8 Å². The van der Waals surface area contributed by atoms with E-state index in [4.69, 9.17) is 4.74 Å². The van der Waals surface area contributed by atoms with Gasteiger partial charge in [-0.1, -0.05) is 18.2 Å². The van der Waals surface area contributed by atoms with Crippen LogP contribution in [-0.2, 0) is 0 Å². The van der Waals surface area contributed by atoms with Crippen molar-refractivity contribution in [3.8, 4) is 11.8 Å². The van der Waals surface area contributed by atoms with E-state index in [-0.39, 0.29) is 0 Å². The first kappa shape index (κ1) is 8.19. The molecule has 1 heterocycles. The molecule has 0 saturated carbocycles. The van der Waals surface area contributed by atoms with Gasteiger partial charge in [0.2, 0.25) is 0 Å². The number of benzene rings is 1. The molecule has 1 aromatic heterocycles. The van der Waals surface area contributed by atoms with E-state index in [0.717, 1.165) is 10.8 Å². The molecule has 3 nitrogen and oxygen atoms in total. The van der Waals surface area contributed by atoms with Gasteiger partial charge in [-0.05, 0) is 30.6 Å². The Balaban J connectivity index is 2.15. The summed E-state index contributed by atoms with van der Waals surface area (Å²) in [5.41, 5.74) is 0. The van der Waals surface area contributed by atoms with Gasteiger partial charge in [0.15, 0.2) is 0 Å². The molecule has 0 saturated heterocycles. The Morgan fingerprint density at radius 3 is 2.62 bits per heavy atom. The third-order valence-electron chi connectivity index (χ3n) is 1.46. The predicted octanol–water partition coefficient (Wildman–Crippen LogP) is 2.64. The van der Waals surface area contributed by atoms with Gasteiger partial charge in [0.25, 0.3) is 0 Å². The van der Waals surface area contributed by atoms with Crippen molar-refractivity contribution in [2.24, 2.45) is 0 Å². The molecule has 0 radical (unpaired) electrons. The minimum atomic E-state index is 0.425. The van der Waals surface area contributed by atoms with Gasteiger partial charge in [0.1, 0.15) is 10.8 Å². The third kappa shape index (κ3) is 2.03. The lowest BCUT2D eigenvalue weighted by atomic mass is 10.3. The molecule has 0 aliphatic rings. The molecule has 0 unspecified atom stereocenters. The van der Waals surface area contributed by atoms with E-state index in [1.54, 1.807) is 0 Å². The quantitative estimate of drug-likeness (QED) is 0.733. The maximum Gasteiger partial charge on any atom is 0.334 e. The van der Waals surface area contributed by atoms with Crippen molar-refractivity contribution in [2.75, 3.05) is 0 Å². The topological polar surface area (TPSA) is 35.0 Å². The maximum absolute atomic E-state index is 5.39. The number of hydrogen-bond acceptors (Lipinski definition) is 4. The molecule has 1 aromatic carbocycles. The summed E-state index contributed by atoms with van der Waals surface area (Å²) >= 11 is 1.34. The van der Waals surface area contributed by atoms with Crippen molar-refractivity contribution >= 4 is 11.5 Å². The highest BCUT2D eigenvalue weighted by atomic mass is 32.1. The van der Waals surface area contributed by atoms with Gasteiger partial charge in [-0.25, -0.2) is 0 Å². The summed E-state index contributed by atoms with van der Waals surface area (Å²) in [6.07, 6.45) is 0. The Morgan fingerprint density at radius 2 is 2.00 bits per heavy atom. The number of hydrogen-bond donors (Lipinski definition) is 0. The van der Waals surface area contributed by atoms with Crippen LogP contribution in [0.1, 0.15) is 5.01 Å². The van der Waals surface area contributed by atoms with E-state index in [1.807, 2.05) is 37.3 Å². The van der Waals surface area contributed by atoms with Gasteiger partial charge < -0.3 is 4.74 Å². The lowest BCUT2D eigenvalue weighted by Gasteiger charge is -1.97. The van der Waals surface area contributed by atoms with Gasteiger partial charge in [0.05, 0.1) is 0 Å². The monoisotopic (exact) mass is 192 g/mol. The molecule has 2 rings (SSSR count). The summed E-state index contributed by atoms with van der Waals surface area (Å²) in [5, 5.41) is 0.908. The van der Waals surface area contributed by atoms with Gasteiger partial charge in [-0.3, -0.25) is 0 Å². The predicted molar refractivity (Wildman–Crippen MR) is 51.2 cm³/mol. The summed E-state index contributed by atoms with van der Waals surface area (Å²) in [7, 11) is 0. The van der Waals surface area contributed by atoms with E-state index >= 15 is 0 Å². The van der Waals surface area contributed by atoms with Gasteiger partial charge in [-0.2, -0.15) is 4.98 Å². The number of para-hydroxylation sites is 1. The zero-order valence-corrected chi connectivity index (χ0v) is 7.91. The van der Waals surface area contributed by atoms with Crippen molar-refractivity contribution in [3.05, 3.63) is 35.3 Å². The summed E-state index contributed by atoms with van der Waals surface area (Å²) in [6, 6.07) is 9.93. The van der Waals surface area contributed by atoms with E-state index < -0.39 is 0 Å². The van der Waals surface area contributed by atoms with E-state index in [9.17, 15) is 0 Å². The summed E-state index contributed by atoms with van der Waals surface area (Å²) < 4.78 is 9.41. The first-order valence-electron chi connectivity index (χ1n) is 3.88. The maximum atomic E-state index is 5.39. The molecule has 0 amide bonds. The Kier molecular flexibility index (Phi) is 2.23. The van der Waals surface area contributed by atoms with E-state index in [1.165, 1.54) is 11.5 Å². The van der Waals surface area contributed by atoms with Crippen LogP contribution >= 0.6 is 11.5 Å². The molecule has 0 fully saturated rings. The van der Waals surface area contributed by atoms with Crippen LogP contribution in [0.3, 0.4) is 0 Å². The average molecular weight is 192 g/mol. The first-order valence-corrected chi connectivity index (χ1v) is 4.65. The van der Waals surface area contributed by atoms with Crippen molar-refractivity contribution in [3.63, 3.8) is 0 Å². The van der Waals surface area contributed by atoms with Crippen LogP contribution in [-0.4, -0.2) is 9.36 Å². The van der Waals surface area contributed by atoms with Crippen molar-refractivity contribution in [2.45, 2.75) is 6.92 Å². The van der Waals surface area contributed by atoms with Gasteiger partial charge in [0, 0.05) is 0 Å². The summed E-state index contributed by atoms with van der Waals surface area (Å²) in [5.74, 6) is 0.764. The Labute approximate surface area is 80.2 Å². The lowest BCUT2D eigenvalue weighted by molar-refractivity contribution is 0.449. The molecule has 4 heteroatoms. The number of nitrogens with zero attached hydrogens (tertiary/aromatic N) is 2. The fraction of sp³-hybridized carbons (Fsp3) is 0.111. The number of ether oxygens (including phenoxy) is 1. The Morgan fingerprint density at radius 1 is 1.23 bits per heavy atom. The highest BCUT2D eigenvalue weighted by Crippen LogP contribution is 2.18. The van der Waals surface area contributed by atoms with Crippen molar-refractivity contribution in [1.82, 2.24) is 9.36 Å². The molecule has 0 atom stereocenters. The van der Waals surface area contributed by atoms with Crippen LogP contribution < -0.4 is 4.74 Å². The molecule has 13 heavy (non-hydrogen) atoms. The standard InChI is InChI=1S/C9H8N2OS/c1-7-10-9(11-13-7)12-8-5-3-2-4-6-8/h2-6H,1H3. The highest BCUT2D eigenvalue weighted by molar-refractivity contribution is 7.05. The number of aryl methyl sites for hydroxylation is 1. The Hall–Kier alpha value is -1.42. The number of aromatic nitrogens is 2. The SMILES string of the molecule is Cc1nc(Oc2ccccc2)ns1. The first-order chi connectivity index (χ1) is 6.34. The van der Waals surface area contributed by atoms with Crippen LogP contribution in [0.2, 0.25) is 0 Å². The molecular weight excluding hydrogens is 184 g/mol. The minimum Gasteiger partial charge on any atom is -0.424 e. The van der Waals surface area contributed by atoms with Crippen LogP contribution in [0.4, 0.5) is 0 Å². The fourth-order valence-corrected chi connectivity index (χ4v) is 1.32. The molecular formula is C9H8N2OS. The highest BCUT2D eigenvalue weighted by Gasteiger charge is 2.01. The van der Waals surface area contributed by atoms with Crippen LogP contribution in [0, 0.1) is 6.92 Å². The molecule has 0 N–H and O–H groups in total. The van der Waals surface area contributed by atoms with Crippen LogP contribution in [0.15, 0.2) is 30.3 Å². The summed E-state index contributed by atoms with van der Waals surface area (Å²) in [6.45, 7) is 1.90. The third-order valence-corrected chi connectivity index (χ3v) is 2.06. The molecule has 2 aromatic rings. The average Bonchev–Trinajstić information content (AvgIpc) is 2.53. The normalized spacial score (nSPS) is 9.92. The minimum absolute atomic E-state index is 0.425. The van der Waals surface area contributed by atoms with Crippen LogP contribution in [0.25, 0.3) is 0 Å². The molecule has 0 aliphatic heterocycles. The zero-order chi connectivity index (χ0) is 9.10. The van der Waals surface area contributed by atoms with Gasteiger partial charge in [-0.15, -0.1) is 4.37 Å². The molecule has 0 spiro atoms. The second-order valence-electron chi connectivity index (χ2n) is 2.51. The summed E-state index contributed by atoms with van der Waals surface area (Å²) in [4.78, 5) is 4.09. The largest absolute Gasteiger partial charge is 0.424 e. The second-order valence-corrected chi connectivity index (χ2v) is 3.47. The molecule has 0 aliphatic carbocycles. The lowest BCUT2D eigenvalue weighted by Crippen LogP contribution is -1.84. The Bertz CT molecular complexity index is 386. The van der Waals surface area contributed by atoms with E-state index in [2.05, 4.69) is 9.36 Å². The zero-order valence-electron chi connectivity index (χ0n) is 7.10.